The van der Waals surface area contributed by atoms with Crippen LogP contribution < -0.4 is 15.0 Å². The number of sulfonamides is 1. The van der Waals surface area contributed by atoms with Crippen molar-refractivity contribution in [3.05, 3.63) is 46.2 Å². The van der Waals surface area contributed by atoms with Gasteiger partial charge in [-0.1, -0.05) is 0 Å². The highest BCUT2D eigenvalue weighted by atomic mass is 32.2. The lowest BCUT2D eigenvalue weighted by atomic mass is 9.94. The summed E-state index contributed by atoms with van der Waals surface area (Å²) in [5, 5.41) is 2.38. The summed E-state index contributed by atoms with van der Waals surface area (Å²) >= 11 is 1.40. The quantitative estimate of drug-likeness (QED) is 0.537. The fourth-order valence-corrected chi connectivity index (χ4v) is 5.39. The third-order valence-corrected chi connectivity index (χ3v) is 7.92. The van der Waals surface area contributed by atoms with Gasteiger partial charge in [-0.05, 0) is 49.4 Å². The van der Waals surface area contributed by atoms with Gasteiger partial charge in [-0.25, -0.2) is 17.2 Å². The fourth-order valence-electron chi connectivity index (χ4n) is 3.85. The highest BCUT2D eigenvalue weighted by Gasteiger charge is 2.36. The maximum atomic E-state index is 13.6. The molecule has 1 aliphatic carbocycles. The maximum Gasteiger partial charge on any atom is 0.259 e. The first-order chi connectivity index (χ1) is 15.1. The molecule has 2 aromatic heterocycles. The Kier molecular flexibility index (Phi) is 6.02. The van der Waals surface area contributed by atoms with E-state index < -0.39 is 15.9 Å². The number of ether oxygens (including phenoxy) is 1. The number of rotatable bonds is 6. The van der Waals surface area contributed by atoms with Crippen LogP contribution in [-0.4, -0.2) is 30.8 Å². The lowest BCUT2D eigenvalue weighted by Crippen LogP contribution is -2.30. The van der Waals surface area contributed by atoms with Gasteiger partial charge in [0, 0.05) is 47.6 Å². The van der Waals surface area contributed by atoms with Gasteiger partial charge in [0.25, 0.3) is 5.56 Å². The van der Waals surface area contributed by atoms with E-state index in [1.54, 1.807) is 44.4 Å². The second-order valence-electron chi connectivity index (χ2n) is 8.01. The zero-order valence-electron chi connectivity index (χ0n) is 17.7. The predicted molar refractivity (Wildman–Crippen MR) is 123 cm³/mol. The minimum Gasteiger partial charge on any atom is -0.490 e. The predicted octanol–water partition coefficient (Wildman–Crippen LogP) is 4.99. The lowest BCUT2D eigenvalue weighted by Gasteiger charge is -2.29. The van der Waals surface area contributed by atoms with E-state index in [4.69, 9.17) is 4.74 Å². The minimum absolute atomic E-state index is 0.0775. The molecule has 0 bridgehead atoms. The van der Waals surface area contributed by atoms with E-state index in [-0.39, 0.29) is 43.1 Å². The number of anilines is 1. The van der Waals surface area contributed by atoms with Crippen molar-refractivity contribution in [1.82, 2.24) is 4.57 Å². The van der Waals surface area contributed by atoms with E-state index in [2.05, 4.69) is 4.72 Å². The van der Waals surface area contributed by atoms with Gasteiger partial charge in [-0.3, -0.25) is 9.52 Å². The number of aromatic nitrogens is 1. The maximum absolute atomic E-state index is 13.6. The monoisotopic (exact) mass is 482 g/mol. The van der Waals surface area contributed by atoms with Gasteiger partial charge in [-0.15, -0.1) is 11.3 Å². The summed E-state index contributed by atoms with van der Waals surface area (Å²) in [6.45, 7) is 1.54. The first-order valence-corrected chi connectivity index (χ1v) is 12.9. The number of pyridine rings is 1. The molecule has 1 N–H and O–H groups in total. The van der Waals surface area contributed by atoms with Gasteiger partial charge in [-0.2, -0.15) is 0 Å². The first kappa shape index (κ1) is 22.7. The van der Waals surface area contributed by atoms with Crippen molar-refractivity contribution in [1.29, 1.82) is 0 Å². The number of aryl methyl sites for hydroxylation is 1. The molecule has 0 unspecified atom stereocenters. The number of nitrogens with one attached hydrogen (secondary N) is 1. The zero-order chi connectivity index (χ0) is 23.1. The SMILES string of the molecule is CCS(=O)(=O)Nc1ccc(OC2CCC(F)(F)CC2)c(-c2cn(C)c(=O)c3ccsc23)c1. The van der Waals surface area contributed by atoms with E-state index in [1.165, 1.54) is 15.9 Å². The normalized spacial score (nSPS) is 16.9. The molecular formula is C22H24F2N2O4S2. The second kappa shape index (κ2) is 8.47. The Morgan fingerprint density at radius 1 is 1.22 bits per heavy atom. The minimum atomic E-state index is -3.50. The summed E-state index contributed by atoms with van der Waals surface area (Å²) in [4.78, 5) is 12.5. The Balaban J connectivity index is 1.80. The summed E-state index contributed by atoms with van der Waals surface area (Å²) in [5.41, 5.74) is 1.54. The van der Waals surface area contributed by atoms with E-state index >= 15 is 0 Å². The van der Waals surface area contributed by atoms with Crippen molar-refractivity contribution in [2.24, 2.45) is 7.05 Å². The van der Waals surface area contributed by atoms with E-state index in [0.717, 1.165) is 4.70 Å². The highest BCUT2D eigenvalue weighted by molar-refractivity contribution is 7.92. The molecule has 1 fully saturated rings. The standard InChI is InChI=1S/C22H24F2N2O4S2/c1-3-32(28,29)25-14-4-5-19(30-15-6-9-22(23,24)10-7-15)17(12-14)18-13-26(2)21(27)16-8-11-31-20(16)18/h4-5,8,11-13,15,25H,3,6-7,9-10H2,1-2H3. The van der Waals surface area contributed by atoms with Crippen LogP contribution in [0.2, 0.25) is 0 Å². The Hall–Kier alpha value is -2.46. The van der Waals surface area contributed by atoms with Crippen LogP contribution in [0, 0.1) is 0 Å². The number of fused-ring (bicyclic) bond motifs is 1. The molecule has 0 spiro atoms. The molecule has 0 saturated heterocycles. The summed E-state index contributed by atoms with van der Waals surface area (Å²) in [7, 11) is -1.85. The van der Waals surface area contributed by atoms with Crippen LogP contribution in [0.1, 0.15) is 32.6 Å². The molecule has 3 aromatic rings. The van der Waals surface area contributed by atoms with Crippen LogP contribution >= 0.6 is 11.3 Å². The Bertz CT molecular complexity index is 1310. The van der Waals surface area contributed by atoms with Crippen LogP contribution in [0.5, 0.6) is 5.75 Å². The Morgan fingerprint density at radius 3 is 2.62 bits per heavy atom. The number of nitrogens with zero attached hydrogens (tertiary/aromatic N) is 1. The first-order valence-electron chi connectivity index (χ1n) is 10.3. The summed E-state index contributed by atoms with van der Waals surface area (Å²) < 4.78 is 62.2. The van der Waals surface area contributed by atoms with Crippen molar-refractivity contribution in [2.45, 2.75) is 44.6 Å². The summed E-state index contributed by atoms with van der Waals surface area (Å²) in [6, 6.07) is 6.66. The largest absolute Gasteiger partial charge is 0.490 e. The van der Waals surface area contributed by atoms with E-state index in [0.29, 0.717) is 28.0 Å². The number of hydrogen-bond donors (Lipinski definition) is 1. The van der Waals surface area contributed by atoms with Crippen molar-refractivity contribution in [3.63, 3.8) is 0 Å². The number of hydrogen-bond acceptors (Lipinski definition) is 5. The van der Waals surface area contributed by atoms with Gasteiger partial charge in [0.15, 0.2) is 0 Å². The van der Waals surface area contributed by atoms with E-state index in [9.17, 15) is 22.0 Å². The Labute approximate surface area is 188 Å². The third kappa shape index (κ3) is 4.66. The number of alkyl halides is 2. The van der Waals surface area contributed by atoms with Gasteiger partial charge in [0.05, 0.1) is 17.2 Å². The molecule has 6 nitrogen and oxygen atoms in total. The van der Waals surface area contributed by atoms with Crippen LogP contribution in [0.3, 0.4) is 0 Å². The molecule has 0 atom stereocenters. The summed E-state index contributed by atoms with van der Waals surface area (Å²) in [5.74, 6) is -2.27. The molecule has 4 rings (SSSR count). The third-order valence-electron chi connectivity index (χ3n) is 5.66. The Morgan fingerprint density at radius 2 is 1.94 bits per heavy atom. The second-order valence-corrected chi connectivity index (χ2v) is 10.9. The van der Waals surface area contributed by atoms with Crippen LogP contribution in [-0.2, 0) is 17.1 Å². The lowest BCUT2D eigenvalue weighted by molar-refractivity contribution is -0.0581. The molecule has 1 saturated carbocycles. The smallest absolute Gasteiger partial charge is 0.259 e. The van der Waals surface area contributed by atoms with Crippen molar-refractivity contribution < 1.29 is 21.9 Å². The molecular weight excluding hydrogens is 458 g/mol. The molecule has 32 heavy (non-hydrogen) atoms. The van der Waals surface area contributed by atoms with Gasteiger partial charge in [0.1, 0.15) is 5.75 Å². The van der Waals surface area contributed by atoms with Crippen molar-refractivity contribution >= 4 is 37.1 Å². The van der Waals surface area contributed by atoms with Crippen LogP contribution in [0.15, 0.2) is 40.6 Å². The molecule has 0 amide bonds. The zero-order valence-corrected chi connectivity index (χ0v) is 19.4. The number of benzene rings is 1. The summed E-state index contributed by atoms with van der Waals surface area (Å²) in [6.07, 6.45) is 1.35. The topological polar surface area (TPSA) is 77.4 Å². The number of thiophene rings is 1. The molecule has 172 valence electrons. The average Bonchev–Trinajstić information content (AvgIpc) is 3.23. The van der Waals surface area contributed by atoms with E-state index in [1.807, 2.05) is 5.38 Å². The fraction of sp³-hybridized carbons (Fsp3) is 0.409. The highest BCUT2D eigenvalue weighted by Crippen LogP contribution is 2.41. The molecule has 2 heterocycles. The molecule has 1 aliphatic rings. The van der Waals surface area contributed by atoms with Crippen LogP contribution in [0.25, 0.3) is 21.2 Å². The van der Waals surface area contributed by atoms with Gasteiger partial charge < -0.3 is 9.30 Å². The van der Waals surface area contributed by atoms with Crippen molar-refractivity contribution in [3.8, 4) is 16.9 Å². The van der Waals surface area contributed by atoms with Gasteiger partial charge in [0.2, 0.25) is 15.9 Å². The molecule has 10 heteroatoms. The molecule has 0 radical (unpaired) electrons. The van der Waals surface area contributed by atoms with Crippen LogP contribution in [0.4, 0.5) is 14.5 Å². The molecule has 0 aliphatic heterocycles. The molecule has 1 aromatic carbocycles. The number of halogens is 2. The average molecular weight is 483 g/mol. The van der Waals surface area contributed by atoms with Crippen molar-refractivity contribution in [2.75, 3.05) is 10.5 Å². The van der Waals surface area contributed by atoms with Gasteiger partial charge >= 0.3 is 0 Å².